The van der Waals surface area contributed by atoms with Gasteiger partial charge in [-0.2, -0.15) is 5.26 Å². The molecule has 2 saturated heterocycles. The van der Waals surface area contributed by atoms with Crippen LogP contribution >= 0.6 is 11.6 Å². The number of carbonyl (C=O) groups excluding carboxylic acids is 2. The number of sulfone groups is 1. The first kappa shape index (κ1) is 28.5. The molecule has 2 amide bonds. The van der Waals surface area contributed by atoms with E-state index in [1.54, 1.807) is 29.3 Å². The Hall–Kier alpha value is -4.02. The number of aromatic amines is 1. The van der Waals surface area contributed by atoms with E-state index in [1.807, 2.05) is 6.07 Å². The number of carbonyl (C=O) groups is 2. The van der Waals surface area contributed by atoms with Gasteiger partial charge in [-0.3, -0.25) is 9.59 Å². The summed E-state index contributed by atoms with van der Waals surface area (Å²) in [6.45, 7) is 1.74. The molecule has 4 heterocycles. The summed E-state index contributed by atoms with van der Waals surface area (Å²) in [5.41, 5.74) is 1.04. The molecule has 2 aliphatic rings. The van der Waals surface area contributed by atoms with Crippen molar-refractivity contribution in [2.45, 2.75) is 43.3 Å². The van der Waals surface area contributed by atoms with Crippen LogP contribution in [0.5, 0.6) is 0 Å². The third-order valence-corrected chi connectivity index (χ3v) is 9.44. The minimum Gasteiger partial charge on any atom is -0.358 e. The van der Waals surface area contributed by atoms with Crippen molar-refractivity contribution in [2.24, 2.45) is 7.05 Å². The van der Waals surface area contributed by atoms with Gasteiger partial charge in [0.2, 0.25) is 17.0 Å². The first-order chi connectivity index (χ1) is 19.7. The summed E-state index contributed by atoms with van der Waals surface area (Å²) >= 11 is 6.30. The molecule has 216 valence electrons. The van der Waals surface area contributed by atoms with Crippen molar-refractivity contribution in [2.75, 3.05) is 31.5 Å². The number of aryl methyl sites for hydroxylation is 1. The van der Waals surface area contributed by atoms with Gasteiger partial charge in [0.1, 0.15) is 17.9 Å². The van der Waals surface area contributed by atoms with Crippen LogP contribution in [0, 0.1) is 11.3 Å². The monoisotopic (exact) mass is 598 g/mol. The Morgan fingerprint density at radius 2 is 1.98 bits per heavy atom. The molecule has 41 heavy (non-hydrogen) atoms. The predicted molar refractivity (Wildman–Crippen MR) is 153 cm³/mol. The summed E-state index contributed by atoms with van der Waals surface area (Å²) in [6, 6.07) is 6.19. The molecule has 2 aromatic heterocycles. The molecule has 3 N–H and O–H groups in total. The lowest BCUT2D eigenvalue weighted by Crippen LogP contribution is -2.49. The van der Waals surface area contributed by atoms with Crippen molar-refractivity contribution >= 4 is 49.8 Å². The van der Waals surface area contributed by atoms with Crippen LogP contribution in [0.25, 0.3) is 10.9 Å². The fourth-order valence-corrected chi connectivity index (χ4v) is 6.80. The molecular weight excluding hydrogens is 568 g/mol. The van der Waals surface area contributed by atoms with Gasteiger partial charge in [-0.1, -0.05) is 23.7 Å². The van der Waals surface area contributed by atoms with Crippen LogP contribution < -0.4 is 10.6 Å². The van der Waals surface area contributed by atoms with Crippen LogP contribution in [0.2, 0.25) is 5.02 Å². The lowest BCUT2D eigenvalue weighted by atomic mass is 10.1. The molecule has 0 spiro atoms. The van der Waals surface area contributed by atoms with Crippen molar-refractivity contribution in [3.63, 3.8) is 0 Å². The maximum Gasteiger partial charge on any atom is 0.253 e. The predicted octanol–water partition coefficient (Wildman–Crippen LogP) is 2.73. The minimum atomic E-state index is -4.40. The Bertz CT molecular complexity index is 1650. The standard InChI is InChI=1S/C27H31ClN8O4S/c1-34-14-10-30-27(34)41(39,40)22(15-29)25(32-20-9-6-7-18-19(28)16-31-24(18)20)33-21-8-2-3-13-36(26(21)38)17-23(37)35-11-4-5-12-35/h6-7,9-10,14,16,21,31-33H,2-5,8,11-13,17H2,1H3/b25-22-/t21-/m0/s1. The second kappa shape index (κ2) is 11.8. The fourth-order valence-electron chi connectivity index (χ4n) is 5.27. The molecule has 12 nitrogen and oxygen atoms in total. The summed E-state index contributed by atoms with van der Waals surface area (Å²) in [5, 5.41) is 17.1. The largest absolute Gasteiger partial charge is 0.358 e. The van der Waals surface area contributed by atoms with Gasteiger partial charge >= 0.3 is 0 Å². The summed E-state index contributed by atoms with van der Waals surface area (Å²) in [6.07, 6.45) is 8.05. The molecule has 3 aromatic rings. The van der Waals surface area contributed by atoms with Gasteiger partial charge in [-0.05, 0) is 38.2 Å². The minimum absolute atomic E-state index is 0.0412. The number of halogens is 1. The van der Waals surface area contributed by atoms with Crippen molar-refractivity contribution in [3.05, 3.63) is 52.5 Å². The van der Waals surface area contributed by atoms with Crippen LogP contribution in [0.3, 0.4) is 0 Å². The van der Waals surface area contributed by atoms with E-state index in [1.165, 1.54) is 28.9 Å². The van der Waals surface area contributed by atoms with E-state index < -0.39 is 20.8 Å². The van der Waals surface area contributed by atoms with Crippen LogP contribution in [0.4, 0.5) is 5.69 Å². The first-order valence-corrected chi connectivity index (χ1v) is 15.3. The molecule has 2 aliphatic heterocycles. The van der Waals surface area contributed by atoms with Crippen molar-refractivity contribution < 1.29 is 18.0 Å². The average molecular weight is 599 g/mol. The van der Waals surface area contributed by atoms with Crippen LogP contribution in [-0.2, 0) is 26.5 Å². The zero-order valence-electron chi connectivity index (χ0n) is 22.6. The highest BCUT2D eigenvalue weighted by molar-refractivity contribution is 7.95. The van der Waals surface area contributed by atoms with Gasteiger partial charge in [-0.15, -0.1) is 0 Å². The zero-order valence-corrected chi connectivity index (χ0v) is 24.1. The number of hydrogen-bond acceptors (Lipinski definition) is 8. The quantitative estimate of drug-likeness (QED) is 0.334. The lowest BCUT2D eigenvalue weighted by molar-refractivity contribution is -0.140. The number of nitrogens with one attached hydrogen (secondary N) is 3. The number of likely N-dealkylation sites (tertiary alicyclic amines) is 2. The summed E-state index contributed by atoms with van der Waals surface area (Å²) in [7, 11) is -2.89. The Kier molecular flexibility index (Phi) is 8.23. The number of anilines is 1. The smallest absolute Gasteiger partial charge is 0.253 e. The van der Waals surface area contributed by atoms with Gasteiger partial charge in [0.05, 0.1) is 22.8 Å². The first-order valence-electron chi connectivity index (χ1n) is 13.4. The maximum atomic E-state index is 13.7. The summed E-state index contributed by atoms with van der Waals surface area (Å²) in [5.74, 6) is -0.599. The molecule has 0 aliphatic carbocycles. The number of amides is 2. The second-order valence-electron chi connectivity index (χ2n) is 10.2. The number of hydrogen-bond donors (Lipinski definition) is 3. The number of rotatable bonds is 8. The molecule has 14 heteroatoms. The van der Waals surface area contributed by atoms with Crippen LogP contribution in [0.15, 0.2) is 52.7 Å². The van der Waals surface area contributed by atoms with E-state index in [0.29, 0.717) is 60.5 Å². The molecule has 1 atom stereocenters. The van der Waals surface area contributed by atoms with Gasteiger partial charge in [0.15, 0.2) is 4.91 Å². The topological polar surface area (TPSA) is 156 Å². The molecule has 0 unspecified atom stereocenters. The van der Waals surface area contributed by atoms with Gasteiger partial charge in [0, 0.05) is 50.7 Å². The Balaban J connectivity index is 1.52. The number of H-pyrrole nitrogens is 1. The van der Waals surface area contributed by atoms with E-state index in [4.69, 9.17) is 11.6 Å². The highest BCUT2D eigenvalue weighted by atomic mass is 35.5. The Morgan fingerprint density at radius 1 is 1.22 bits per heavy atom. The molecule has 0 radical (unpaired) electrons. The Morgan fingerprint density at radius 3 is 2.68 bits per heavy atom. The lowest BCUT2D eigenvalue weighted by Gasteiger charge is -2.28. The van der Waals surface area contributed by atoms with E-state index in [9.17, 15) is 23.3 Å². The highest BCUT2D eigenvalue weighted by Gasteiger charge is 2.34. The number of allylic oxidation sites excluding steroid dienone is 1. The summed E-state index contributed by atoms with van der Waals surface area (Å²) < 4.78 is 28.7. The number of aromatic nitrogens is 3. The molecule has 1 aromatic carbocycles. The van der Waals surface area contributed by atoms with Crippen molar-refractivity contribution in [3.8, 4) is 6.07 Å². The van der Waals surface area contributed by atoms with E-state index in [-0.39, 0.29) is 29.3 Å². The van der Waals surface area contributed by atoms with Crippen LogP contribution in [0.1, 0.15) is 32.1 Å². The summed E-state index contributed by atoms with van der Waals surface area (Å²) in [4.78, 5) is 36.2. The number of nitrogens with zero attached hydrogens (tertiary/aromatic N) is 5. The van der Waals surface area contributed by atoms with Crippen molar-refractivity contribution in [1.29, 1.82) is 5.26 Å². The van der Waals surface area contributed by atoms with Gasteiger partial charge in [-0.25, -0.2) is 13.4 Å². The Labute approximate surface area is 242 Å². The second-order valence-corrected chi connectivity index (χ2v) is 12.4. The maximum absolute atomic E-state index is 13.7. The van der Waals surface area contributed by atoms with Gasteiger partial charge < -0.3 is 30.0 Å². The molecular formula is C27H31ClN8O4S. The third-order valence-electron chi connectivity index (χ3n) is 7.42. The van der Waals surface area contributed by atoms with E-state index >= 15 is 0 Å². The average Bonchev–Trinajstić information content (AvgIpc) is 3.70. The van der Waals surface area contributed by atoms with Crippen molar-refractivity contribution in [1.82, 2.24) is 29.7 Å². The SMILES string of the molecule is Cn1ccnc1S(=O)(=O)/C(C#N)=C(/Nc1cccc2c(Cl)c[nH]c12)N[C@H]1CCCCN(CC(=O)N2CCCC2)C1=O. The number of fused-ring (bicyclic) bond motifs is 1. The molecule has 2 fully saturated rings. The van der Waals surface area contributed by atoms with E-state index in [2.05, 4.69) is 20.6 Å². The molecule has 0 bridgehead atoms. The molecule has 0 saturated carbocycles. The normalized spacial score (nSPS) is 18.7. The zero-order chi connectivity index (χ0) is 29.1. The highest BCUT2D eigenvalue weighted by Crippen LogP contribution is 2.30. The number of nitriles is 1. The number of benzene rings is 1. The number of imidazole rings is 1. The fraction of sp³-hybridized carbons (Fsp3) is 0.407. The third kappa shape index (κ3) is 5.75. The van der Waals surface area contributed by atoms with Crippen LogP contribution in [-0.4, -0.2) is 76.8 Å². The van der Waals surface area contributed by atoms with E-state index in [0.717, 1.165) is 12.8 Å². The molecule has 5 rings (SSSR count). The van der Waals surface area contributed by atoms with Gasteiger partial charge in [0.25, 0.3) is 9.84 Å². The number of para-hydroxylation sites is 1.